The van der Waals surface area contributed by atoms with E-state index in [1.807, 2.05) is 24.4 Å². The fraction of sp³-hybridized carbons (Fsp3) is 0.231. The van der Waals surface area contributed by atoms with Gasteiger partial charge in [-0.2, -0.15) is 5.10 Å². The maximum Gasteiger partial charge on any atom is 0.338 e. The van der Waals surface area contributed by atoms with E-state index in [1.165, 1.54) is 0 Å². The Balaban J connectivity index is 0.000000550. The Hall–Kier alpha value is -2.18. The van der Waals surface area contributed by atoms with Gasteiger partial charge < -0.3 is 4.74 Å². The van der Waals surface area contributed by atoms with Gasteiger partial charge in [0, 0.05) is 12.4 Å². The zero-order chi connectivity index (χ0) is 14.1. The molecule has 3 N–H and O–H groups in total. The van der Waals surface area contributed by atoms with Crippen molar-refractivity contribution in [1.29, 1.82) is 0 Å². The second-order valence-electron chi connectivity index (χ2n) is 3.51. The fourth-order valence-electron chi connectivity index (χ4n) is 1.39. The number of hydrogen-bond acceptors (Lipinski definition) is 5. The van der Waals surface area contributed by atoms with Crippen molar-refractivity contribution >= 4 is 5.97 Å². The Morgan fingerprint density at radius 3 is 2.53 bits per heavy atom. The van der Waals surface area contributed by atoms with Gasteiger partial charge in [-0.25, -0.2) is 9.48 Å². The molecule has 102 valence electrons. The van der Waals surface area contributed by atoms with E-state index >= 15 is 0 Å². The summed E-state index contributed by atoms with van der Waals surface area (Å²) in [7, 11) is 1.65. The van der Waals surface area contributed by atoms with E-state index in [4.69, 9.17) is 4.74 Å². The summed E-state index contributed by atoms with van der Waals surface area (Å²) in [6.45, 7) is 2.18. The zero-order valence-electron chi connectivity index (χ0n) is 11.0. The molecular formula is C13H18N4O2. The van der Waals surface area contributed by atoms with Gasteiger partial charge in [0.1, 0.15) is 0 Å². The molecule has 0 spiro atoms. The number of esters is 1. The summed E-state index contributed by atoms with van der Waals surface area (Å²) in [5.41, 5.74) is 3.72. The molecule has 0 aliphatic rings. The number of nitrogens with two attached hydrogens (primary N) is 1. The molecule has 0 amide bonds. The SMILES string of the molecule is CCOC(=O)c1ccc(-n2cccn2)cc1.CNN. The van der Waals surface area contributed by atoms with E-state index in [9.17, 15) is 4.79 Å². The van der Waals surface area contributed by atoms with Crippen LogP contribution in [0.2, 0.25) is 0 Å². The average Bonchev–Trinajstić information content (AvgIpc) is 2.94. The normalized spacial score (nSPS) is 9.42. The van der Waals surface area contributed by atoms with E-state index in [0.29, 0.717) is 12.2 Å². The smallest absolute Gasteiger partial charge is 0.338 e. The van der Waals surface area contributed by atoms with Crippen LogP contribution in [-0.2, 0) is 4.74 Å². The third kappa shape index (κ3) is 4.53. The van der Waals surface area contributed by atoms with Gasteiger partial charge in [0.2, 0.25) is 0 Å². The van der Waals surface area contributed by atoms with Crippen molar-refractivity contribution in [3.8, 4) is 5.69 Å². The molecule has 2 rings (SSSR count). The van der Waals surface area contributed by atoms with E-state index in [1.54, 1.807) is 37.0 Å². The van der Waals surface area contributed by atoms with Gasteiger partial charge in [0.15, 0.2) is 0 Å². The molecule has 19 heavy (non-hydrogen) atoms. The molecule has 0 radical (unpaired) electrons. The second-order valence-corrected chi connectivity index (χ2v) is 3.51. The molecule has 1 aromatic carbocycles. The lowest BCUT2D eigenvalue weighted by molar-refractivity contribution is 0.0526. The predicted molar refractivity (Wildman–Crippen MR) is 72.8 cm³/mol. The van der Waals surface area contributed by atoms with Crippen LogP contribution in [-0.4, -0.2) is 29.4 Å². The largest absolute Gasteiger partial charge is 0.462 e. The highest BCUT2D eigenvalue weighted by Crippen LogP contribution is 2.09. The van der Waals surface area contributed by atoms with Crippen LogP contribution >= 0.6 is 0 Å². The zero-order valence-corrected chi connectivity index (χ0v) is 11.0. The first-order valence-electron chi connectivity index (χ1n) is 5.87. The van der Waals surface area contributed by atoms with Crippen molar-refractivity contribution in [3.63, 3.8) is 0 Å². The summed E-state index contributed by atoms with van der Waals surface area (Å²) in [5, 5.41) is 4.10. The van der Waals surface area contributed by atoms with Crippen LogP contribution in [0.5, 0.6) is 0 Å². The summed E-state index contributed by atoms with van der Waals surface area (Å²) in [6.07, 6.45) is 3.55. The lowest BCUT2D eigenvalue weighted by Crippen LogP contribution is -2.13. The highest BCUT2D eigenvalue weighted by atomic mass is 16.5. The molecule has 6 heteroatoms. The number of nitrogens with zero attached hydrogens (tertiary/aromatic N) is 2. The monoisotopic (exact) mass is 262 g/mol. The summed E-state index contributed by atoms with van der Waals surface area (Å²) < 4.78 is 6.63. The van der Waals surface area contributed by atoms with Crippen molar-refractivity contribution < 1.29 is 9.53 Å². The van der Waals surface area contributed by atoms with E-state index in [2.05, 4.69) is 16.4 Å². The summed E-state index contributed by atoms with van der Waals surface area (Å²) >= 11 is 0. The molecule has 6 nitrogen and oxygen atoms in total. The fourth-order valence-corrected chi connectivity index (χ4v) is 1.39. The number of benzene rings is 1. The quantitative estimate of drug-likeness (QED) is 0.492. The van der Waals surface area contributed by atoms with Crippen LogP contribution in [0.3, 0.4) is 0 Å². The topological polar surface area (TPSA) is 82.2 Å². The predicted octanol–water partition coefficient (Wildman–Crippen LogP) is 1.13. The number of ether oxygens (including phenoxy) is 1. The first-order chi connectivity index (χ1) is 9.22. The maximum atomic E-state index is 11.4. The number of hydrazine groups is 1. The molecule has 1 heterocycles. The first-order valence-corrected chi connectivity index (χ1v) is 5.87. The standard InChI is InChI=1S/C12H12N2O2.CH6N2/c1-2-16-12(15)10-4-6-11(7-5-10)14-9-3-8-13-14;1-3-2/h3-9H,2H2,1H3;3H,2H2,1H3. The average molecular weight is 262 g/mol. The van der Waals surface area contributed by atoms with Crippen LogP contribution in [0, 0.1) is 0 Å². The number of aromatic nitrogens is 2. The third-order valence-corrected chi connectivity index (χ3v) is 2.15. The van der Waals surface area contributed by atoms with E-state index < -0.39 is 0 Å². The number of carbonyl (C=O) groups is 1. The molecule has 0 saturated heterocycles. The molecule has 0 atom stereocenters. The van der Waals surface area contributed by atoms with Gasteiger partial charge in [-0.1, -0.05) is 0 Å². The van der Waals surface area contributed by atoms with Crippen LogP contribution in [0.4, 0.5) is 0 Å². The number of carbonyl (C=O) groups excluding carboxylic acids is 1. The Morgan fingerprint density at radius 2 is 2.05 bits per heavy atom. The number of rotatable bonds is 3. The molecular weight excluding hydrogens is 244 g/mol. The van der Waals surface area contributed by atoms with Crippen molar-refractivity contribution in [2.45, 2.75) is 6.92 Å². The lowest BCUT2D eigenvalue weighted by Gasteiger charge is -2.03. The molecule has 0 bridgehead atoms. The molecule has 0 saturated carbocycles. The molecule has 0 aliphatic carbocycles. The highest BCUT2D eigenvalue weighted by Gasteiger charge is 2.05. The molecule has 0 unspecified atom stereocenters. The van der Waals surface area contributed by atoms with Gasteiger partial charge in [0.05, 0.1) is 17.9 Å². The minimum atomic E-state index is -0.297. The number of hydrogen-bond donors (Lipinski definition) is 2. The van der Waals surface area contributed by atoms with Crippen molar-refractivity contribution in [3.05, 3.63) is 48.3 Å². The summed E-state index contributed by atoms with van der Waals surface area (Å²) in [6, 6.07) is 8.97. The van der Waals surface area contributed by atoms with Gasteiger partial charge in [-0.15, -0.1) is 0 Å². The van der Waals surface area contributed by atoms with Crippen molar-refractivity contribution in [2.24, 2.45) is 5.84 Å². The van der Waals surface area contributed by atoms with Crippen LogP contribution < -0.4 is 11.3 Å². The van der Waals surface area contributed by atoms with Crippen LogP contribution in [0.25, 0.3) is 5.69 Å². The van der Waals surface area contributed by atoms with Gasteiger partial charge in [0.25, 0.3) is 0 Å². The third-order valence-electron chi connectivity index (χ3n) is 2.15. The maximum absolute atomic E-state index is 11.4. The van der Waals surface area contributed by atoms with E-state index in [0.717, 1.165) is 5.69 Å². The lowest BCUT2D eigenvalue weighted by atomic mass is 10.2. The van der Waals surface area contributed by atoms with Crippen molar-refractivity contribution in [1.82, 2.24) is 15.2 Å². The Bertz CT molecular complexity index is 480. The second kappa shape index (κ2) is 8.02. The van der Waals surface area contributed by atoms with Gasteiger partial charge >= 0.3 is 5.97 Å². The molecule has 0 aliphatic heterocycles. The molecule has 0 fully saturated rings. The molecule has 2 aromatic rings. The minimum Gasteiger partial charge on any atom is -0.462 e. The highest BCUT2D eigenvalue weighted by molar-refractivity contribution is 5.89. The first kappa shape index (κ1) is 14.9. The van der Waals surface area contributed by atoms with Crippen LogP contribution in [0.1, 0.15) is 17.3 Å². The Labute approximate surface area is 112 Å². The summed E-state index contributed by atoms with van der Waals surface area (Å²) in [5.74, 6) is 4.30. The van der Waals surface area contributed by atoms with Gasteiger partial charge in [-0.05, 0) is 44.3 Å². The number of nitrogens with one attached hydrogen (secondary N) is 1. The van der Waals surface area contributed by atoms with Crippen molar-refractivity contribution in [2.75, 3.05) is 13.7 Å². The van der Waals surface area contributed by atoms with Gasteiger partial charge in [-0.3, -0.25) is 11.3 Å². The van der Waals surface area contributed by atoms with E-state index in [-0.39, 0.29) is 5.97 Å². The van der Waals surface area contributed by atoms with Crippen LogP contribution in [0.15, 0.2) is 42.7 Å². The minimum absolute atomic E-state index is 0.297. The summed E-state index contributed by atoms with van der Waals surface area (Å²) in [4.78, 5) is 11.4. The Kier molecular flexibility index (Phi) is 6.28. The molecule has 1 aromatic heterocycles. The Morgan fingerprint density at radius 1 is 1.42 bits per heavy atom.